The van der Waals surface area contributed by atoms with Gasteiger partial charge in [0.2, 0.25) is 0 Å². The maximum atomic E-state index is 11.9. The average molecular weight is 218 g/mol. The Morgan fingerprint density at radius 3 is 3.67 bits per heavy atom. The van der Waals surface area contributed by atoms with Crippen molar-refractivity contribution in [3.63, 3.8) is 0 Å². The molecule has 82 valence electrons. The Labute approximate surface area is 103 Å². The van der Waals surface area contributed by atoms with Gasteiger partial charge in [-0.2, -0.15) is 0 Å². The molecule has 0 aliphatic carbocycles. The van der Waals surface area contributed by atoms with E-state index in [1.54, 1.807) is 0 Å². The molecule has 0 radical (unpaired) electrons. The lowest BCUT2D eigenvalue weighted by atomic mass is 9.89. The Bertz CT molecular complexity index is 678. The van der Waals surface area contributed by atoms with Crippen molar-refractivity contribution in [2.75, 3.05) is 6.61 Å². The predicted octanol–water partition coefficient (Wildman–Crippen LogP) is 1.16. The van der Waals surface area contributed by atoms with Crippen molar-refractivity contribution >= 4 is 5.97 Å². The molecule has 0 unspecified atom stereocenters. The van der Waals surface area contributed by atoms with Crippen LogP contribution in [-0.2, 0) is 22.9 Å². The minimum absolute atomic E-state index is 0.310. The molecule has 1 saturated heterocycles. The van der Waals surface area contributed by atoms with Crippen molar-refractivity contribution in [1.82, 2.24) is 9.55 Å². The van der Waals surface area contributed by atoms with Crippen molar-refractivity contribution in [2.45, 2.75) is 19.6 Å². The number of hydrogen-bond donors (Lipinski definition) is 0. The Morgan fingerprint density at radius 2 is 2.87 bits per heavy atom. The molecule has 1 aromatic heterocycles. The number of imidazole rings is 1. The number of hydrogen-bond acceptors (Lipinski definition) is 3. The summed E-state index contributed by atoms with van der Waals surface area (Å²) in [5.41, 5.74) is -0.698. The smallest absolute Gasteiger partial charge is 0.309 e. The van der Waals surface area contributed by atoms with E-state index in [2.05, 4.69) is 4.98 Å². The number of cyclic esters (lactones) is 1. The number of ether oxygens (including phenoxy) is 1. The molecule has 0 amide bonds. The predicted molar refractivity (Wildman–Crippen MR) is 55.1 cm³/mol. The molecule has 0 N–H and O–H groups in total. The summed E-state index contributed by atoms with van der Waals surface area (Å²) in [6, 6.07) is 0. The highest BCUT2D eigenvalue weighted by molar-refractivity contribution is 5.74. The summed E-state index contributed by atoms with van der Waals surface area (Å²) in [5, 5.41) is 0. The van der Waals surface area contributed by atoms with Crippen molar-refractivity contribution < 1.29 is 23.2 Å². The van der Waals surface area contributed by atoms with E-state index < -0.39 is 69.2 Å². The zero-order valence-corrected chi connectivity index (χ0v) is 7.78. The van der Waals surface area contributed by atoms with Gasteiger partial charge in [0, 0.05) is 35.7 Å². The minimum Gasteiger partial charge on any atom is -0.465 e. The fraction of sp³-hybridized carbons (Fsp3) is 0.636. The SMILES string of the molecule is [2H]c1nc([2H])n(C([2H])([2H])[2H])c1C([2H])([2H])[C@H]1COC(=O)[C@H]1CC([2H])([2H])[2H]. The third-order valence-corrected chi connectivity index (χ3v) is 2.27. The highest BCUT2D eigenvalue weighted by Gasteiger charge is 2.35. The van der Waals surface area contributed by atoms with Gasteiger partial charge in [-0.3, -0.25) is 4.79 Å². The molecule has 1 aliphatic rings. The second kappa shape index (κ2) is 4.04. The van der Waals surface area contributed by atoms with Gasteiger partial charge in [0.05, 0.1) is 20.2 Å². The van der Waals surface area contributed by atoms with Crippen LogP contribution in [0, 0.1) is 11.8 Å². The Balaban J connectivity index is 2.53. The monoisotopic (exact) mass is 218 g/mol. The second-order valence-electron chi connectivity index (χ2n) is 3.20. The lowest BCUT2D eigenvalue weighted by molar-refractivity contribution is -0.141. The first-order valence-electron chi connectivity index (χ1n) is 9.40. The molecule has 0 aromatic carbocycles. The third-order valence-electron chi connectivity index (χ3n) is 2.27. The van der Waals surface area contributed by atoms with Crippen LogP contribution in [0.25, 0.3) is 0 Å². The van der Waals surface area contributed by atoms with Gasteiger partial charge in [0.1, 0.15) is 1.37 Å². The summed E-state index contributed by atoms with van der Waals surface area (Å²) < 4.78 is 81.3. The van der Waals surface area contributed by atoms with Gasteiger partial charge in [-0.05, 0) is 12.8 Å². The van der Waals surface area contributed by atoms with Crippen LogP contribution in [0.2, 0.25) is 0 Å². The van der Waals surface area contributed by atoms with E-state index in [0.29, 0.717) is 4.57 Å². The largest absolute Gasteiger partial charge is 0.465 e. The number of aromatic nitrogens is 2. The van der Waals surface area contributed by atoms with Gasteiger partial charge < -0.3 is 9.30 Å². The molecule has 0 saturated carbocycles. The van der Waals surface area contributed by atoms with E-state index in [1.165, 1.54) is 0 Å². The lowest BCUT2D eigenvalue weighted by Crippen LogP contribution is -2.18. The summed E-state index contributed by atoms with van der Waals surface area (Å²) in [4.78, 5) is 15.2. The van der Waals surface area contributed by atoms with E-state index in [-0.39, 0.29) is 0 Å². The highest BCUT2D eigenvalue weighted by Crippen LogP contribution is 2.27. The molecule has 0 spiro atoms. The van der Waals surface area contributed by atoms with Gasteiger partial charge in [0.25, 0.3) is 0 Å². The summed E-state index contributed by atoms with van der Waals surface area (Å²) in [5.74, 6) is -3.53. The molecule has 2 rings (SSSR count). The van der Waals surface area contributed by atoms with E-state index in [4.69, 9.17) is 18.4 Å². The van der Waals surface area contributed by atoms with Gasteiger partial charge in [-0.15, -0.1) is 0 Å². The van der Waals surface area contributed by atoms with Gasteiger partial charge in [-0.1, -0.05) is 6.85 Å². The van der Waals surface area contributed by atoms with E-state index >= 15 is 0 Å². The molecule has 1 fully saturated rings. The van der Waals surface area contributed by atoms with Crippen molar-refractivity contribution in [3.8, 4) is 0 Å². The maximum absolute atomic E-state index is 11.9. The average Bonchev–Trinajstić information content (AvgIpc) is 2.88. The van der Waals surface area contributed by atoms with Gasteiger partial charge in [0.15, 0.2) is 0 Å². The van der Waals surface area contributed by atoms with Crippen LogP contribution in [0.5, 0.6) is 0 Å². The van der Waals surface area contributed by atoms with Gasteiger partial charge in [-0.25, -0.2) is 4.98 Å². The molecule has 2 heterocycles. The Hall–Kier alpha value is -1.32. The highest BCUT2D eigenvalue weighted by atomic mass is 16.5. The zero-order chi connectivity index (χ0) is 19.4. The van der Waals surface area contributed by atoms with E-state index in [1.807, 2.05) is 0 Å². The zero-order valence-electron chi connectivity index (χ0n) is 17.8. The maximum Gasteiger partial charge on any atom is 0.309 e. The Kier molecular flexibility index (Phi) is 0.974. The lowest BCUT2D eigenvalue weighted by Gasteiger charge is -2.12. The summed E-state index contributed by atoms with van der Waals surface area (Å²) in [6.07, 6.45) is -4.82. The number of carbonyl (C=O) groups excluding carboxylic acids is 1. The fourth-order valence-electron chi connectivity index (χ4n) is 1.43. The molecular weight excluding hydrogens is 192 g/mol. The summed E-state index contributed by atoms with van der Waals surface area (Å²) >= 11 is 0. The van der Waals surface area contributed by atoms with Crippen LogP contribution in [0.4, 0.5) is 0 Å². The van der Waals surface area contributed by atoms with E-state index in [0.717, 1.165) is 0 Å². The normalized spacial score (nSPS) is 38.0. The van der Waals surface area contributed by atoms with Crippen molar-refractivity contribution in [3.05, 3.63) is 18.2 Å². The molecule has 0 bridgehead atoms. The van der Waals surface area contributed by atoms with Crippen molar-refractivity contribution in [1.29, 1.82) is 0 Å². The third kappa shape index (κ3) is 1.89. The van der Waals surface area contributed by atoms with Crippen LogP contribution in [0.1, 0.15) is 32.7 Å². The molecule has 1 aromatic rings. The topological polar surface area (TPSA) is 44.1 Å². The second-order valence-corrected chi connectivity index (χ2v) is 3.20. The number of nitrogens with zero attached hydrogens (tertiary/aromatic N) is 2. The Morgan fingerprint density at radius 1 is 1.93 bits per heavy atom. The molecule has 4 heteroatoms. The first kappa shape index (κ1) is 3.61. The van der Waals surface area contributed by atoms with Crippen LogP contribution in [0.15, 0.2) is 12.5 Å². The molecule has 4 nitrogen and oxygen atoms in total. The quantitative estimate of drug-likeness (QED) is 0.715. The molecule has 15 heavy (non-hydrogen) atoms. The van der Waals surface area contributed by atoms with Crippen molar-refractivity contribution in [2.24, 2.45) is 18.8 Å². The first-order valence-corrected chi connectivity index (χ1v) is 4.40. The summed E-state index contributed by atoms with van der Waals surface area (Å²) in [6.45, 7) is -5.93. The number of esters is 1. The minimum atomic E-state index is -2.96. The van der Waals surface area contributed by atoms with E-state index in [9.17, 15) is 4.79 Å². The van der Waals surface area contributed by atoms with Crippen LogP contribution >= 0.6 is 0 Å². The fourth-order valence-corrected chi connectivity index (χ4v) is 1.43. The molecule has 2 atom stereocenters. The summed E-state index contributed by atoms with van der Waals surface area (Å²) in [7, 11) is 0. The molecule has 1 aliphatic heterocycles. The number of rotatable bonds is 3. The van der Waals surface area contributed by atoms with Gasteiger partial charge >= 0.3 is 5.97 Å². The van der Waals surface area contributed by atoms with Crippen LogP contribution < -0.4 is 0 Å². The van der Waals surface area contributed by atoms with Crippen LogP contribution in [0.3, 0.4) is 0 Å². The standard InChI is InChI=1S/C11H16N2O2/c1-3-10-8(6-15-11(10)14)4-9-5-12-7-13(9)2/h5,7-8,10H,3-4,6H2,1-2H3/t8-,10-/m0/s1/i1D3,2D3,4D2,5D,7D. The van der Waals surface area contributed by atoms with Crippen LogP contribution in [-0.4, -0.2) is 22.1 Å². The first-order chi connectivity index (χ1) is 11.2. The number of carbonyl (C=O) groups is 1. The molecular formula is C11H16N2O2.